The predicted molar refractivity (Wildman–Crippen MR) is 141 cm³/mol. The van der Waals surface area contributed by atoms with Gasteiger partial charge in [-0.1, -0.05) is 12.1 Å². The molecule has 2 aliphatic heterocycles. The van der Waals surface area contributed by atoms with Gasteiger partial charge in [0.2, 0.25) is 0 Å². The first-order valence-corrected chi connectivity index (χ1v) is 12.5. The van der Waals surface area contributed by atoms with E-state index in [0.29, 0.717) is 55.5 Å². The van der Waals surface area contributed by atoms with Gasteiger partial charge in [-0.3, -0.25) is 19.8 Å². The van der Waals surface area contributed by atoms with Gasteiger partial charge < -0.3 is 19.1 Å². The molecule has 4 amide bonds. The molecule has 39 heavy (non-hydrogen) atoms. The zero-order valence-corrected chi connectivity index (χ0v) is 21.6. The highest BCUT2D eigenvalue weighted by Crippen LogP contribution is 2.38. The minimum atomic E-state index is -1.05. The van der Waals surface area contributed by atoms with Crippen LogP contribution in [0.25, 0.3) is 0 Å². The molecule has 1 spiro atoms. The van der Waals surface area contributed by atoms with E-state index in [4.69, 9.17) is 14.2 Å². The van der Waals surface area contributed by atoms with E-state index in [2.05, 4.69) is 5.32 Å². The fourth-order valence-corrected chi connectivity index (χ4v) is 4.94. The molecule has 0 aliphatic carbocycles. The monoisotopic (exact) mass is 533 g/mol. The van der Waals surface area contributed by atoms with E-state index in [1.54, 1.807) is 49.5 Å². The van der Waals surface area contributed by atoms with E-state index in [0.717, 1.165) is 5.56 Å². The summed E-state index contributed by atoms with van der Waals surface area (Å²) in [4.78, 5) is 42.1. The molecule has 3 aromatic carbocycles. The summed E-state index contributed by atoms with van der Waals surface area (Å²) in [5, 5.41) is 2.42. The van der Waals surface area contributed by atoms with Crippen LogP contribution in [-0.2, 0) is 16.1 Å². The molecule has 9 nitrogen and oxygen atoms in total. The van der Waals surface area contributed by atoms with Gasteiger partial charge in [0, 0.05) is 45.3 Å². The number of carbonyl (C=O) groups excluding carboxylic acids is 3. The lowest BCUT2D eigenvalue weighted by Gasteiger charge is -2.38. The van der Waals surface area contributed by atoms with Gasteiger partial charge in [-0.25, -0.2) is 9.18 Å². The second-order valence-electron chi connectivity index (χ2n) is 9.48. The molecular weight excluding hydrogens is 505 g/mol. The van der Waals surface area contributed by atoms with Gasteiger partial charge in [0.25, 0.3) is 11.8 Å². The van der Waals surface area contributed by atoms with E-state index in [1.165, 1.54) is 29.0 Å². The van der Waals surface area contributed by atoms with Gasteiger partial charge in [-0.05, 0) is 60.2 Å². The molecule has 0 saturated carbocycles. The van der Waals surface area contributed by atoms with Crippen LogP contribution >= 0.6 is 0 Å². The normalized spacial score (nSPS) is 16.2. The first-order valence-electron chi connectivity index (χ1n) is 12.5. The van der Waals surface area contributed by atoms with Crippen molar-refractivity contribution in [2.75, 3.05) is 32.3 Å². The SMILES string of the molecule is COc1ccc(N2C(=O)NC(=O)C23CCOCC3)cc1C(=O)N(C)Cc1ccc(Oc2ccc(F)cc2)cc1. The highest BCUT2D eigenvalue weighted by atomic mass is 19.1. The average molecular weight is 534 g/mol. The Morgan fingerprint density at radius 3 is 2.31 bits per heavy atom. The number of ether oxygens (including phenoxy) is 3. The third-order valence-corrected chi connectivity index (χ3v) is 7.01. The zero-order chi connectivity index (χ0) is 27.6. The number of urea groups is 1. The van der Waals surface area contributed by atoms with Crippen LogP contribution in [0.2, 0.25) is 0 Å². The second kappa shape index (κ2) is 10.7. The second-order valence-corrected chi connectivity index (χ2v) is 9.48. The van der Waals surface area contributed by atoms with Crippen LogP contribution in [0.4, 0.5) is 14.9 Å². The Hall–Kier alpha value is -4.44. The smallest absolute Gasteiger partial charge is 0.329 e. The number of halogens is 1. The van der Waals surface area contributed by atoms with E-state index < -0.39 is 11.6 Å². The van der Waals surface area contributed by atoms with Crippen molar-refractivity contribution in [1.29, 1.82) is 0 Å². The molecule has 0 atom stereocenters. The minimum Gasteiger partial charge on any atom is -0.496 e. The number of nitrogens with zero attached hydrogens (tertiary/aromatic N) is 2. The van der Waals surface area contributed by atoms with Crippen molar-refractivity contribution in [2.24, 2.45) is 0 Å². The van der Waals surface area contributed by atoms with Crippen LogP contribution < -0.4 is 19.7 Å². The molecule has 2 aliphatic rings. The average Bonchev–Trinajstić information content (AvgIpc) is 3.18. The van der Waals surface area contributed by atoms with Crippen LogP contribution in [0, 0.1) is 5.82 Å². The topological polar surface area (TPSA) is 97.4 Å². The van der Waals surface area contributed by atoms with Crippen LogP contribution in [-0.4, -0.2) is 55.7 Å². The Balaban J connectivity index is 1.34. The van der Waals surface area contributed by atoms with Gasteiger partial charge >= 0.3 is 6.03 Å². The molecule has 0 bridgehead atoms. The van der Waals surface area contributed by atoms with E-state index in [-0.39, 0.29) is 23.2 Å². The summed E-state index contributed by atoms with van der Waals surface area (Å²) in [5.41, 5.74) is 0.509. The van der Waals surface area contributed by atoms with Gasteiger partial charge in [0.1, 0.15) is 28.6 Å². The molecule has 2 saturated heterocycles. The highest BCUT2D eigenvalue weighted by molar-refractivity contribution is 6.17. The lowest BCUT2D eigenvalue weighted by atomic mass is 9.88. The third kappa shape index (κ3) is 5.15. The lowest BCUT2D eigenvalue weighted by molar-refractivity contribution is -0.126. The van der Waals surface area contributed by atoms with E-state index in [9.17, 15) is 18.8 Å². The van der Waals surface area contributed by atoms with Crippen molar-refractivity contribution in [2.45, 2.75) is 24.9 Å². The molecule has 2 fully saturated rings. The number of benzene rings is 3. The van der Waals surface area contributed by atoms with Crippen LogP contribution in [0.1, 0.15) is 28.8 Å². The number of hydrogen-bond acceptors (Lipinski definition) is 6. The summed E-state index contributed by atoms with van der Waals surface area (Å²) in [6, 6.07) is 17.3. The molecule has 0 aromatic heterocycles. The maximum absolute atomic E-state index is 13.5. The molecule has 5 rings (SSSR count). The molecular formula is C29H28FN3O6. The predicted octanol–water partition coefficient (Wildman–Crippen LogP) is 4.50. The first kappa shape index (κ1) is 26.2. The largest absolute Gasteiger partial charge is 0.496 e. The van der Waals surface area contributed by atoms with Crippen molar-refractivity contribution in [3.8, 4) is 17.2 Å². The van der Waals surface area contributed by atoms with E-state index >= 15 is 0 Å². The molecule has 2 heterocycles. The zero-order valence-electron chi connectivity index (χ0n) is 21.6. The Morgan fingerprint density at radius 2 is 1.67 bits per heavy atom. The summed E-state index contributed by atoms with van der Waals surface area (Å²) in [6.45, 7) is 1.01. The van der Waals surface area contributed by atoms with Gasteiger partial charge in [-0.2, -0.15) is 0 Å². The molecule has 202 valence electrons. The summed E-state index contributed by atoms with van der Waals surface area (Å²) in [7, 11) is 3.14. The van der Waals surface area contributed by atoms with Gasteiger partial charge in [0.05, 0.1) is 12.7 Å². The highest BCUT2D eigenvalue weighted by Gasteiger charge is 2.54. The van der Waals surface area contributed by atoms with Gasteiger partial charge in [0.15, 0.2) is 0 Å². The number of hydrogen-bond donors (Lipinski definition) is 1. The van der Waals surface area contributed by atoms with Gasteiger partial charge in [-0.15, -0.1) is 0 Å². The lowest BCUT2D eigenvalue weighted by Crippen LogP contribution is -2.53. The third-order valence-electron chi connectivity index (χ3n) is 7.01. The fraction of sp³-hybridized carbons (Fsp3) is 0.276. The molecule has 3 aromatic rings. The standard InChI is InChI=1S/C29H28FN3O6/c1-32(18-19-3-8-22(9-4-19)39-23-10-5-20(30)6-11-23)26(34)24-17-21(7-12-25(24)37-2)33-28(36)31-27(35)29(33)13-15-38-16-14-29/h3-12,17H,13-16,18H2,1-2H3,(H,31,35,36). The van der Waals surface area contributed by atoms with Crippen molar-refractivity contribution >= 4 is 23.5 Å². The number of carbonyl (C=O) groups is 3. The maximum atomic E-state index is 13.5. The van der Waals surface area contributed by atoms with Crippen molar-refractivity contribution in [3.05, 3.63) is 83.7 Å². The summed E-state index contributed by atoms with van der Waals surface area (Å²) in [6.07, 6.45) is 0.724. The number of amides is 4. The summed E-state index contributed by atoms with van der Waals surface area (Å²) < 4.78 is 29.7. The maximum Gasteiger partial charge on any atom is 0.329 e. The number of rotatable bonds is 7. The Labute approximate surface area is 225 Å². The van der Waals surface area contributed by atoms with Crippen molar-refractivity contribution in [1.82, 2.24) is 10.2 Å². The number of anilines is 1. The number of imide groups is 1. The molecule has 10 heteroatoms. The Kier molecular flexibility index (Phi) is 7.21. The molecule has 0 unspecified atom stereocenters. The Morgan fingerprint density at radius 1 is 1.03 bits per heavy atom. The summed E-state index contributed by atoms with van der Waals surface area (Å²) >= 11 is 0. The minimum absolute atomic E-state index is 0.267. The molecule has 0 radical (unpaired) electrons. The first-order chi connectivity index (χ1) is 18.8. The van der Waals surface area contributed by atoms with E-state index in [1.807, 2.05) is 12.1 Å². The number of nitrogens with one attached hydrogen (secondary N) is 1. The summed E-state index contributed by atoms with van der Waals surface area (Å²) in [5.74, 6) is 0.433. The van der Waals surface area contributed by atoms with Crippen molar-refractivity contribution in [3.63, 3.8) is 0 Å². The van der Waals surface area contributed by atoms with Crippen LogP contribution in [0.3, 0.4) is 0 Å². The number of methoxy groups -OCH3 is 1. The molecule has 1 N–H and O–H groups in total. The fourth-order valence-electron chi connectivity index (χ4n) is 4.94. The van der Waals surface area contributed by atoms with Crippen LogP contribution in [0.5, 0.6) is 17.2 Å². The van der Waals surface area contributed by atoms with Crippen molar-refractivity contribution < 1.29 is 33.0 Å². The Bertz CT molecular complexity index is 1390. The van der Waals surface area contributed by atoms with Crippen LogP contribution in [0.15, 0.2) is 66.7 Å². The quantitative estimate of drug-likeness (QED) is 0.449.